The summed E-state index contributed by atoms with van der Waals surface area (Å²) in [6, 6.07) is 3.71. The molecule has 0 atom stereocenters. The zero-order valence-corrected chi connectivity index (χ0v) is 15.7. The minimum atomic E-state index is -0.175. The van der Waals surface area contributed by atoms with Crippen LogP contribution >= 0.6 is 11.8 Å². The van der Waals surface area contributed by atoms with Crippen molar-refractivity contribution < 1.29 is 0 Å². The van der Waals surface area contributed by atoms with Gasteiger partial charge in [0.1, 0.15) is 5.52 Å². The third kappa shape index (κ3) is 3.43. The van der Waals surface area contributed by atoms with Crippen LogP contribution in [0.5, 0.6) is 0 Å². The summed E-state index contributed by atoms with van der Waals surface area (Å²) < 4.78 is 4.90. The molecule has 27 heavy (non-hydrogen) atoms. The van der Waals surface area contributed by atoms with E-state index in [1.807, 2.05) is 38.6 Å². The lowest BCUT2D eigenvalue weighted by atomic mass is 10.3. The van der Waals surface area contributed by atoms with Crippen molar-refractivity contribution in [3.8, 4) is 0 Å². The maximum absolute atomic E-state index is 12.9. The largest absolute Gasteiger partial charge is 0.345 e. The molecule has 4 aromatic rings. The highest BCUT2D eigenvalue weighted by Crippen LogP contribution is 2.28. The van der Waals surface area contributed by atoms with E-state index in [1.54, 1.807) is 21.6 Å². The van der Waals surface area contributed by atoms with Crippen LogP contribution in [0.4, 0.5) is 0 Å². The number of hydrogen-bond acceptors (Lipinski definition) is 6. The Morgan fingerprint density at radius 3 is 2.85 bits per heavy atom. The third-order valence-electron chi connectivity index (χ3n) is 4.16. The molecule has 0 aliphatic rings. The fourth-order valence-corrected chi connectivity index (χ4v) is 3.88. The summed E-state index contributed by atoms with van der Waals surface area (Å²) in [7, 11) is 3.66. The topological polar surface area (TPSA) is 110 Å². The van der Waals surface area contributed by atoms with E-state index in [0.717, 1.165) is 21.7 Å². The number of H-pyrrole nitrogens is 1. The number of nitrogens with zero attached hydrogens (tertiary/aromatic N) is 6. The zero-order valence-electron chi connectivity index (χ0n) is 14.9. The number of fused-ring (bicyclic) bond motifs is 1. The van der Waals surface area contributed by atoms with Crippen LogP contribution in [0.15, 0.2) is 46.6 Å². The van der Waals surface area contributed by atoms with Crippen molar-refractivity contribution in [1.29, 1.82) is 5.41 Å². The summed E-state index contributed by atoms with van der Waals surface area (Å²) in [4.78, 5) is 13.7. The van der Waals surface area contributed by atoms with Crippen molar-refractivity contribution in [3.63, 3.8) is 0 Å². The van der Waals surface area contributed by atoms with Gasteiger partial charge < -0.3 is 4.57 Å². The summed E-state index contributed by atoms with van der Waals surface area (Å²) in [5.74, 6) is 0. The quantitative estimate of drug-likeness (QED) is 0.309. The molecule has 138 valence electrons. The van der Waals surface area contributed by atoms with Crippen LogP contribution in [-0.4, -0.2) is 39.4 Å². The average Bonchev–Trinajstić information content (AvgIpc) is 3.33. The molecule has 4 aromatic heterocycles. The lowest BCUT2D eigenvalue weighted by molar-refractivity contribution is 0.618. The van der Waals surface area contributed by atoms with Gasteiger partial charge in [0.25, 0.3) is 5.56 Å². The number of hydrogen-bond donors (Lipinski definition) is 2. The number of thioether (sulfide) groups is 1. The van der Waals surface area contributed by atoms with E-state index in [-0.39, 0.29) is 5.56 Å². The van der Waals surface area contributed by atoms with Crippen LogP contribution in [0.25, 0.3) is 10.9 Å². The van der Waals surface area contributed by atoms with Crippen LogP contribution in [0.3, 0.4) is 0 Å². The summed E-state index contributed by atoms with van der Waals surface area (Å²) in [6.07, 6.45) is 7.56. The third-order valence-corrected chi connectivity index (χ3v) is 5.10. The Hall–Kier alpha value is -3.14. The van der Waals surface area contributed by atoms with Gasteiger partial charge in [-0.1, -0.05) is 11.8 Å². The maximum atomic E-state index is 12.9. The molecule has 0 amide bonds. The molecule has 0 radical (unpaired) electrons. The summed E-state index contributed by atoms with van der Waals surface area (Å²) in [5.41, 5.74) is 1.97. The molecule has 2 N–H and O–H groups in total. The summed E-state index contributed by atoms with van der Waals surface area (Å²) in [6.45, 7) is 0.318. The summed E-state index contributed by atoms with van der Waals surface area (Å²) >= 11 is 1.32. The number of aromatic nitrogens is 7. The van der Waals surface area contributed by atoms with E-state index in [2.05, 4.69) is 20.4 Å². The first-order chi connectivity index (χ1) is 13.0. The molecule has 0 saturated heterocycles. The molecule has 0 bridgehead atoms. The van der Waals surface area contributed by atoms with E-state index < -0.39 is 0 Å². The van der Waals surface area contributed by atoms with Gasteiger partial charge in [-0.15, -0.1) is 0 Å². The molecular formula is C17H18N8OS. The van der Waals surface area contributed by atoms with Gasteiger partial charge in [-0.2, -0.15) is 15.3 Å². The van der Waals surface area contributed by atoms with Crippen molar-refractivity contribution >= 4 is 27.7 Å². The van der Waals surface area contributed by atoms with Gasteiger partial charge in [0, 0.05) is 49.4 Å². The van der Waals surface area contributed by atoms with Crippen LogP contribution in [0, 0.1) is 5.41 Å². The highest BCUT2D eigenvalue weighted by atomic mass is 32.2. The molecule has 0 saturated carbocycles. The molecule has 0 aromatic carbocycles. The Kier molecular flexibility index (Phi) is 4.40. The van der Waals surface area contributed by atoms with Crippen molar-refractivity contribution in [1.82, 2.24) is 34.3 Å². The first-order valence-corrected chi connectivity index (χ1v) is 9.10. The lowest BCUT2D eigenvalue weighted by Crippen LogP contribution is -2.24. The second-order valence-corrected chi connectivity index (χ2v) is 7.36. The fraction of sp³-hybridized carbons (Fsp3) is 0.235. The van der Waals surface area contributed by atoms with E-state index in [0.29, 0.717) is 23.5 Å². The monoisotopic (exact) mass is 382 g/mol. The number of rotatable bonds is 5. The Morgan fingerprint density at radius 1 is 1.30 bits per heavy atom. The van der Waals surface area contributed by atoms with Crippen LogP contribution in [0.1, 0.15) is 11.4 Å². The molecule has 4 heterocycles. The normalized spacial score (nSPS) is 11.3. The molecule has 0 aliphatic heterocycles. The molecule has 0 aliphatic carbocycles. The maximum Gasteiger partial charge on any atom is 0.291 e. The highest BCUT2D eigenvalue weighted by Gasteiger charge is 2.16. The molecule has 0 spiro atoms. The second-order valence-electron chi connectivity index (χ2n) is 6.22. The Morgan fingerprint density at radius 2 is 2.15 bits per heavy atom. The van der Waals surface area contributed by atoms with Gasteiger partial charge >= 0.3 is 0 Å². The molecule has 10 heteroatoms. The predicted molar refractivity (Wildman–Crippen MR) is 103 cm³/mol. The Bertz CT molecular complexity index is 1170. The second kappa shape index (κ2) is 6.88. The van der Waals surface area contributed by atoms with Crippen molar-refractivity contribution in [3.05, 3.63) is 58.7 Å². The SMILES string of the molecule is Cn1ccc(Cn2ncc3c(SC(=N)Cc4cc[nH]n4)cn(C)c3c2=O)n1. The Labute approximate surface area is 158 Å². The van der Waals surface area contributed by atoms with E-state index in [1.165, 1.54) is 16.4 Å². The molecule has 0 fully saturated rings. The first-order valence-electron chi connectivity index (χ1n) is 8.29. The van der Waals surface area contributed by atoms with Crippen molar-refractivity contribution in [2.45, 2.75) is 17.9 Å². The van der Waals surface area contributed by atoms with Crippen molar-refractivity contribution in [2.75, 3.05) is 0 Å². The van der Waals surface area contributed by atoms with Crippen LogP contribution in [-0.2, 0) is 27.1 Å². The number of aryl methyl sites for hydroxylation is 2. The Balaban J connectivity index is 1.63. The van der Waals surface area contributed by atoms with Gasteiger partial charge in [0.15, 0.2) is 0 Å². The van der Waals surface area contributed by atoms with Crippen LogP contribution < -0.4 is 5.56 Å². The predicted octanol–water partition coefficient (Wildman–Crippen LogP) is 1.55. The molecule has 0 unspecified atom stereocenters. The first kappa shape index (κ1) is 17.3. The smallest absolute Gasteiger partial charge is 0.291 e. The van der Waals surface area contributed by atoms with Crippen LogP contribution in [0.2, 0.25) is 0 Å². The average molecular weight is 382 g/mol. The van der Waals surface area contributed by atoms with Gasteiger partial charge in [-0.05, 0) is 12.1 Å². The zero-order chi connectivity index (χ0) is 19.0. The van der Waals surface area contributed by atoms with E-state index in [9.17, 15) is 4.79 Å². The molecular weight excluding hydrogens is 364 g/mol. The standard InChI is InChI=1S/C17H18N8OS/c1-23-10-14(27-15(18)7-11-3-5-19-21-11)13-8-20-25(17(26)16(13)23)9-12-4-6-24(2)22-12/h3-6,8,10,18H,7,9H2,1-2H3,(H,19,21). The van der Waals surface area contributed by atoms with Crippen molar-refractivity contribution in [2.24, 2.45) is 14.1 Å². The van der Waals surface area contributed by atoms with E-state index >= 15 is 0 Å². The fourth-order valence-electron chi connectivity index (χ4n) is 2.93. The van der Waals surface area contributed by atoms with E-state index in [4.69, 9.17) is 5.41 Å². The number of nitrogens with one attached hydrogen (secondary N) is 2. The van der Waals surface area contributed by atoms with Gasteiger partial charge in [-0.25, -0.2) is 4.68 Å². The summed E-state index contributed by atoms with van der Waals surface area (Å²) in [5, 5.41) is 24.8. The van der Waals surface area contributed by atoms with Gasteiger partial charge in [-0.3, -0.25) is 20.0 Å². The number of aromatic amines is 1. The lowest BCUT2D eigenvalue weighted by Gasteiger charge is -2.04. The minimum Gasteiger partial charge on any atom is -0.345 e. The molecule has 4 rings (SSSR count). The van der Waals surface area contributed by atoms with Gasteiger partial charge in [0.2, 0.25) is 0 Å². The van der Waals surface area contributed by atoms with Gasteiger partial charge in [0.05, 0.1) is 29.2 Å². The highest BCUT2D eigenvalue weighted by molar-refractivity contribution is 8.14. The minimum absolute atomic E-state index is 0.175. The molecule has 9 nitrogen and oxygen atoms in total.